The third-order valence-corrected chi connectivity index (χ3v) is 6.08. The smallest absolute Gasteiger partial charge is 0.396 e. The summed E-state index contributed by atoms with van der Waals surface area (Å²) < 4.78 is 366. The molecular weight excluding hydrogens is 769 g/mol. The van der Waals surface area contributed by atoms with Crippen molar-refractivity contribution in [1.29, 1.82) is 0 Å². The van der Waals surface area contributed by atoms with Crippen LogP contribution in [0.1, 0.15) is 22.3 Å². The second kappa shape index (κ2) is 11.4. The highest BCUT2D eigenvalue weighted by atomic mass is 19.4. The van der Waals surface area contributed by atoms with Crippen LogP contribution in [0.15, 0.2) is 12.1 Å². The Bertz CT molecular complexity index is 1250. The van der Waals surface area contributed by atoms with E-state index in [0.717, 1.165) is 0 Å². The van der Waals surface area contributed by atoms with Crippen LogP contribution in [0, 0.1) is 0 Å². The molecule has 1 aromatic carbocycles. The van der Waals surface area contributed by atoms with E-state index in [2.05, 4.69) is 0 Å². The van der Waals surface area contributed by atoms with Gasteiger partial charge in [-0.2, -0.15) is 119 Å². The summed E-state index contributed by atoms with van der Waals surface area (Å²) in [7, 11) is 0. The molecule has 0 amide bonds. The summed E-state index contributed by atoms with van der Waals surface area (Å²) in [5.74, 6) is -73.8. The van der Waals surface area contributed by atoms with Gasteiger partial charge in [-0.05, 0) is 24.1 Å². The fraction of sp³-hybridized carbons (Fsp3) is 0.700. The minimum Gasteiger partial charge on any atom is -0.396 e. The van der Waals surface area contributed by atoms with Gasteiger partial charge in [0.15, 0.2) is 0 Å². The lowest BCUT2D eigenvalue weighted by Gasteiger charge is -2.39. The highest BCUT2D eigenvalue weighted by molar-refractivity contribution is 5.48. The molecule has 282 valence electrons. The minimum atomic E-state index is -8.39. The van der Waals surface area contributed by atoms with Crippen LogP contribution in [0.3, 0.4) is 0 Å². The molecule has 0 bridgehead atoms. The molecule has 0 aliphatic rings. The topological polar surface area (TPSA) is 20.2 Å². The maximum absolute atomic E-state index is 14.8. The molecule has 48 heavy (non-hydrogen) atoms. The molecule has 0 aromatic heterocycles. The van der Waals surface area contributed by atoms with Gasteiger partial charge in [0, 0.05) is 23.3 Å². The molecule has 1 N–H and O–H groups in total. The first-order chi connectivity index (χ1) is 20.5. The van der Waals surface area contributed by atoms with Gasteiger partial charge in [-0.25, -0.2) is 0 Å². The van der Waals surface area contributed by atoms with E-state index in [4.69, 9.17) is 5.11 Å². The molecule has 0 atom stereocenters. The Kier molecular flexibility index (Phi) is 10.3. The Morgan fingerprint density at radius 1 is 0.354 bits per heavy atom. The maximum Gasteiger partial charge on any atom is 0.460 e. The largest absolute Gasteiger partial charge is 0.460 e. The summed E-state index contributed by atoms with van der Waals surface area (Å²) in [6, 6.07) is -4.49. The average Bonchev–Trinajstić information content (AvgIpc) is 2.85. The van der Waals surface area contributed by atoms with Crippen molar-refractivity contribution in [3.05, 3.63) is 34.4 Å². The maximum atomic E-state index is 14.8. The quantitative estimate of drug-likeness (QED) is 0.222. The van der Waals surface area contributed by atoms with E-state index in [1.165, 1.54) is 0 Å². The van der Waals surface area contributed by atoms with Crippen LogP contribution in [0.4, 0.5) is 119 Å². The van der Waals surface area contributed by atoms with Gasteiger partial charge in [0.25, 0.3) is 0 Å². The Labute approximate surface area is 244 Å². The van der Waals surface area contributed by atoms with Gasteiger partial charge in [0.05, 0.1) is 0 Å². The third-order valence-electron chi connectivity index (χ3n) is 6.08. The number of hydrogen-bond acceptors (Lipinski definition) is 1. The van der Waals surface area contributed by atoms with Crippen LogP contribution in [-0.4, -0.2) is 65.8 Å². The molecule has 0 radical (unpaired) electrons. The van der Waals surface area contributed by atoms with Gasteiger partial charge in [0.1, 0.15) is 0 Å². The zero-order chi connectivity index (χ0) is 39.1. The monoisotopic (exact) mass is 776 g/mol. The number of benzene rings is 1. The molecule has 0 saturated heterocycles. The normalized spacial score (nSPS) is 16.1. The van der Waals surface area contributed by atoms with E-state index < -0.39 is 119 Å². The summed E-state index contributed by atoms with van der Waals surface area (Å²) in [4.78, 5) is 0. The number of rotatable bonds is 11. The average molecular weight is 776 g/mol. The first-order valence-corrected chi connectivity index (χ1v) is 10.9. The van der Waals surface area contributed by atoms with Gasteiger partial charge in [-0.15, -0.1) is 0 Å². The van der Waals surface area contributed by atoms with E-state index in [1.807, 2.05) is 0 Å². The van der Waals surface area contributed by atoms with Gasteiger partial charge in [-0.3, -0.25) is 0 Å². The lowest BCUT2D eigenvalue weighted by atomic mass is 9.81. The second-order valence-electron chi connectivity index (χ2n) is 9.19. The highest BCUT2D eigenvalue weighted by Crippen LogP contribution is 2.63. The van der Waals surface area contributed by atoms with Crippen LogP contribution in [0.25, 0.3) is 0 Å². The van der Waals surface area contributed by atoms with Crippen LogP contribution in [0.2, 0.25) is 0 Å². The van der Waals surface area contributed by atoms with E-state index >= 15 is 0 Å². The van der Waals surface area contributed by atoms with Gasteiger partial charge in [0.2, 0.25) is 0 Å². The molecule has 1 rings (SSSR count). The summed E-state index contributed by atoms with van der Waals surface area (Å²) >= 11 is 0. The number of halogens is 27. The fourth-order valence-corrected chi connectivity index (χ4v) is 3.44. The lowest BCUT2D eigenvalue weighted by Crippen LogP contribution is -2.61. The van der Waals surface area contributed by atoms with Crippen LogP contribution < -0.4 is 0 Å². The Balaban J connectivity index is 4.74. The van der Waals surface area contributed by atoms with E-state index in [0.29, 0.717) is 0 Å². The van der Waals surface area contributed by atoms with Crippen LogP contribution >= 0.6 is 0 Å². The predicted molar refractivity (Wildman–Crippen MR) is 96.8 cm³/mol. The summed E-state index contributed by atoms with van der Waals surface area (Å²) in [6.45, 7) is -2.44. The summed E-state index contributed by atoms with van der Waals surface area (Å²) in [5, 5.41) is 8.83. The zero-order valence-corrected chi connectivity index (χ0v) is 21.2. The highest BCUT2D eigenvalue weighted by Gasteiger charge is 2.85. The number of hydrogen-bond donors (Lipinski definition) is 1. The first-order valence-electron chi connectivity index (χ1n) is 10.9. The molecule has 0 aliphatic carbocycles. The van der Waals surface area contributed by atoms with Crippen molar-refractivity contribution in [2.45, 2.75) is 78.3 Å². The second-order valence-corrected chi connectivity index (χ2v) is 9.19. The van der Waals surface area contributed by atoms with Gasteiger partial charge >= 0.3 is 71.8 Å². The molecule has 0 spiro atoms. The lowest BCUT2D eigenvalue weighted by molar-refractivity contribution is -0.401. The van der Waals surface area contributed by atoms with Crippen molar-refractivity contribution >= 4 is 0 Å². The Morgan fingerprint density at radius 3 is 0.792 bits per heavy atom. The van der Waals surface area contributed by atoms with E-state index in [9.17, 15) is 119 Å². The van der Waals surface area contributed by atoms with Crippen LogP contribution in [0.5, 0.6) is 0 Å². The van der Waals surface area contributed by atoms with E-state index in [-0.39, 0.29) is 0 Å². The molecule has 1 aromatic rings. The molecule has 0 fully saturated rings. The van der Waals surface area contributed by atoms with Crippen molar-refractivity contribution < 1.29 is 124 Å². The first kappa shape index (κ1) is 43.3. The molecule has 0 unspecified atom stereocenters. The number of alkyl halides is 27. The number of aliphatic hydroxyl groups excluding tert-OH is 1. The van der Waals surface area contributed by atoms with Crippen molar-refractivity contribution in [3.63, 3.8) is 0 Å². The van der Waals surface area contributed by atoms with E-state index in [1.54, 1.807) is 0 Å². The standard InChI is InChI=1S/C20H7F27O/c21-9(22,12(27,28)15(33,34)18(39,40)41)5-3-7(10(23,24)13(29,30)16(35,36)19(42,43)44)6(1-2-48)8(4-5)11(25,26)14(31,32)17(37,38)20(45,46)47/h3-4,48H,1-2H2. The van der Waals surface area contributed by atoms with Crippen molar-refractivity contribution in [2.24, 2.45) is 0 Å². The molecule has 0 heterocycles. The minimum absolute atomic E-state index is 2.24. The zero-order valence-electron chi connectivity index (χ0n) is 21.2. The molecular formula is C20H7F27O. The Morgan fingerprint density at radius 2 is 0.583 bits per heavy atom. The van der Waals surface area contributed by atoms with Crippen LogP contribution in [-0.2, 0) is 24.2 Å². The number of aliphatic hydroxyl groups is 1. The summed E-state index contributed by atoms with van der Waals surface area (Å²) in [5.41, 5.74) is -16.5. The molecule has 28 heteroatoms. The third kappa shape index (κ3) is 5.82. The molecule has 0 aliphatic heterocycles. The van der Waals surface area contributed by atoms with Crippen molar-refractivity contribution in [3.8, 4) is 0 Å². The van der Waals surface area contributed by atoms with Crippen molar-refractivity contribution in [2.75, 3.05) is 6.61 Å². The SMILES string of the molecule is OCCc1c(C(F)(F)C(F)(F)C(F)(F)C(F)(F)F)cc(C(F)(F)C(F)(F)C(F)(F)C(F)(F)F)cc1C(F)(F)C(F)(F)C(F)(F)C(F)(F)F. The molecule has 1 nitrogen and oxygen atoms in total. The van der Waals surface area contributed by atoms with Crippen molar-refractivity contribution in [1.82, 2.24) is 0 Å². The predicted octanol–water partition coefficient (Wildman–Crippen LogP) is 10.00. The van der Waals surface area contributed by atoms with Gasteiger partial charge in [-0.1, -0.05) is 0 Å². The molecule has 0 saturated carbocycles. The van der Waals surface area contributed by atoms with Gasteiger partial charge < -0.3 is 5.11 Å². The Hall–Kier alpha value is -2.71. The fourth-order valence-electron chi connectivity index (χ4n) is 3.44. The summed E-state index contributed by atoms with van der Waals surface area (Å²) in [6.07, 6.45) is -26.6.